The van der Waals surface area contributed by atoms with Crippen LogP contribution in [0.3, 0.4) is 0 Å². The maximum absolute atomic E-state index is 14.2. The molecule has 0 saturated carbocycles. The fourth-order valence-corrected chi connectivity index (χ4v) is 4.93. The Labute approximate surface area is 199 Å². The molecule has 6 nitrogen and oxygen atoms in total. The smallest absolute Gasteiger partial charge is 0.254 e. The highest BCUT2D eigenvalue weighted by Crippen LogP contribution is 2.34. The molecule has 0 N–H and O–H groups in total. The highest BCUT2D eigenvalue weighted by Gasteiger charge is 2.30. The number of nitrogens with zero attached hydrogens (tertiary/aromatic N) is 4. The highest BCUT2D eigenvalue weighted by molar-refractivity contribution is 5.95. The van der Waals surface area contributed by atoms with Gasteiger partial charge in [-0.15, -0.1) is 0 Å². The summed E-state index contributed by atoms with van der Waals surface area (Å²) in [5.41, 5.74) is 2.52. The van der Waals surface area contributed by atoms with Gasteiger partial charge in [-0.1, -0.05) is 30.3 Å². The minimum atomic E-state index is -0.450. The van der Waals surface area contributed by atoms with Crippen molar-refractivity contribution in [1.82, 2.24) is 19.8 Å². The average Bonchev–Trinajstić information content (AvgIpc) is 3.39. The Balaban J connectivity index is 1.34. The van der Waals surface area contributed by atoms with Gasteiger partial charge in [0, 0.05) is 43.5 Å². The molecule has 5 rings (SSSR count). The zero-order valence-corrected chi connectivity index (χ0v) is 19.2. The molecule has 2 aliphatic heterocycles. The van der Waals surface area contributed by atoms with Gasteiger partial charge in [0.1, 0.15) is 5.69 Å². The zero-order valence-electron chi connectivity index (χ0n) is 19.2. The molecular weight excluding hydrogens is 431 g/mol. The molecule has 2 fully saturated rings. The fraction of sp³-hybridized carbons (Fsp3) is 0.370. The highest BCUT2D eigenvalue weighted by atomic mass is 19.1. The van der Waals surface area contributed by atoms with Gasteiger partial charge in [-0.3, -0.25) is 14.7 Å². The molecule has 2 saturated heterocycles. The number of piperidine rings is 1. The number of carbonyl (C=O) groups excluding carboxylic acids is 1. The van der Waals surface area contributed by atoms with E-state index in [4.69, 9.17) is 4.74 Å². The van der Waals surface area contributed by atoms with E-state index in [1.165, 1.54) is 18.9 Å². The van der Waals surface area contributed by atoms with E-state index in [0.717, 1.165) is 43.6 Å². The van der Waals surface area contributed by atoms with Gasteiger partial charge < -0.3 is 9.64 Å². The zero-order chi connectivity index (χ0) is 23.3. The lowest BCUT2D eigenvalue weighted by atomic mass is 9.93. The second kappa shape index (κ2) is 10.3. The summed E-state index contributed by atoms with van der Waals surface area (Å²) in [6, 6.07) is 14.2. The lowest BCUT2D eigenvalue weighted by Crippen LogP contribution is -2.40. The quantitative estimate of drug-likeness (QED) is 0.517. The third-order valence-corrected chi connectivity index (χ3v) is 6.67. The van der Waals surface area contributed by atoms with Gasteiger partial charge in [0.25, 0.3) is 5.91 Å². The number of hydrogen-bond acceptors (Lipinski definition) is 5. The number of rotatable bonds is 6. The first-order valence-electron chi connectivity index (χ1n) is 12.0. The van der Waals surface area contributed by atoms with Crippen molar-refractivity contribution in [3.05, 3.63) is 83.6 Å². The lowest BCUT2D eigenvalue weighted by Gasteiger charge is -2.33. The maximum atomic E-state index is 14.2. The SMILES string of the molecule is O=C(c1ccccc1CN1CCCC1)N1CCC[C@@H](c2nccnc2Oc2ccccc2F)C1. The topological polar surface area (TPSA) is 58.6 Å². The Kier molecular flexibility index (Phi) is 6.81. The van der Waals surface area contributed by atoms with Crippen molar-refractivity contribution in [3.8, 4) is 11.6 Å². The number of para-hydroxylation sites is 1. The summed E-state index contributed by atoms with van der Waals surface area (Å²) in [7, 11) is 0. The number of likely N-dealkylation sites (tertiary alicyclic amines) is 2. The molecule has 176 valence electrons. The van der Waals surface area contributed by atoms with Crippen molar-refractivity contribution in [1.29, 1.82) is 0 Å². The molecular formula is C27H29FN4O2. The van der Waals surface area contributed by atoms with Crippen LogP contribution in [0.2, 0.25) is 0 Å². The van der Waals surface area contributed by atoms with E-state index in [1.54, 1.807) is 30.6 Å². The molecule has 0 unspecified atom stereocenters. The average molecular weight is 461 g/mol. The molecule has 7 heteroatoms. The molecule has 1 aromatic heterocycles. The largest absolute Gasteiger partial charge is 0.434 e. The van der Waals surface area contributed by atoms with Crippen LogP contribution in [-0.4, -0.2) is 51.9 Å². The van der Waals surface area contributed by atoms with Crippen LogP contribution in [0.15, 0.2) is 60.9 Å². The summed E-state index contributed by atoms with van der Waals surface area (Å²) in [5.74, 6) is -0.0156. The number of benzene rings is 2. The molecule has 0 radical (unpaired) electrons. The number of carbonyl (C=O) groups is 1. The summed E-state index contributed by atoms with van der Waals surface area (Å²) in [6.45, 7) is 4.22. The third kappa shape index (κ3) is 4.94. The first-order chi connectivity index (χ1) is 16.7. The van der Waals surface area contributed by atoms with Gasteiger partial charge in [-0.05, 0) is 62.5 Å². The number of aromatic nitrogens is 2. The Morgan fingerprint density at radius 2 is 1.74 bits per heavy atom. The van der Waals surface area contributed by atoms with Gasteiger partial charge in [0.2, 0.25) is 5.88 Å². The van der Waals surface area contributed by atoms with Gasteiger partial charge in [0.05, 0.1) is 0 Å². The first-order valence-corrected chi connectivity index (χ1v) is 12.0. The standard InChI is InChI=1S/C27H29FN4O2/c28-23-11-3-4-12-24(23)34-26-25(29-13-14-30-26)21-9-7-17-32(19-21)27(33)22-10-2-1-8-20(22)18-31-15-5-6-16-31/h1-4,8,10-14,21H,5-7,9,15-19H2/t21-/m1/s1. The number of amides is 1. The fourth-order valence-electron chi connectivity index (χ4n) is 4.93. The molecule has 1 amide bonds. The minimum absolute atomic E-state index is 0.0288. The van der Waals surface area contributed by atoms with E-state index >= 15 is 0 Å². The third-order valence-electron chi connectivity index (χ3n) is 6.67. The van der Waals surface area contributed by atoms with Crippen molar-refractivity contribution < 1.29 is 13.9 Å². The molecule has 0 spiro atoms. The van der Waals surface area contributed by atoms with Crippen LogP contribution in [0.5, 0.6) is 11.6 Å². The van der Waals surface area contributed by atoms with E-state index in [9.17, 15) is 9.18 Å². The minimum Gasteiger partial charge on any atom is -0.434 e. The van der Waals surface area contributed by atoms with Crippen molar-refractivity contribution in [2.24, 2.45) is 0 Å². The Morgan fingerprint density at radius 3 is 2.59 bits per heavy atom. The summed E-state index contributed by atoms with van der Waals surface area (Å²) < 4.78 is 20.0. The van der Waals surface area contributed by atoms with Crippen LogP contribution in [0.1, 0.15) is 53.2 Å². The maximum Gasteiger partial charge on any atom is 0.254 e. The second-order valence-electron chi connectivity index (χ2n) is 9.01. The second-order valence-corrected chi connectivity index (χ2v) is 9.01. The summed E-state index contributed by atoms with van der Waals surface area (Å²) in [6.07, 6.45) is 7.33. The van der Waals surface area contributed by atoms with E-state index in [1.807, 2.05) is 23.1 Å². The molecule has 0 bridgehead atoms. The summed E-state index contributed by atoms with van der Waals surface area (Å²) in [5, 5.41) is 0. The normalized spacial score (nSPS) is 18.7. The van der Waals surface area contributed by atoms with E-state index in [-0.39, 0.29) is 17.6 Å². The summed E-state index contributed by atoms with van der Waals surface area (Å²) in [4.78, 5) is 26.8. The van der Waals surface area contributed by atoms with E-state index in [2.05, 4.69) is 20.9 Å². The molecule has 34 heavy (non-hydrogen) atoms. The monoisotopic (exact) mass is 460 g/mol. The first kappa shape index (κ1) is 22.5. The van der Waals surface area contributed by atoms with Crippen molar-refractivity contribution >= 4 is 5.91 Å². The molecule has 2 aromatic carbocycles. The predicted octanol–water partition coefficient (Wildman–Crippen LogP) is 5.02. The van der Waals surface area contributed by atoms with Gasteiger partial charge in [0.15, 0.2) is 11.6 Å². The Bertz CT molecular complexity index is 1150. The molecule has 0 aliphatic carbocycles. The van der Waals surface area contributed by atoms with Crippen LogP contribution in [-0.2, 0) is 6.54 Å². The van der Waals surface area contributed by atoms with Crippen molar-refractivity contribution in [2.45, 2.75) is 38.1 Å². The van der Waals surface area contributed by atoms with Gasteiger partial charge >= 0.3 is 0 Å². The molecule has 3 aromatic rings. The van der Waals surface area contributed by atoms with Crippen LogP contribution in [0, 0.1) is 5.82 Å². The molecule has 3 heterocycles. The number of ether oxygens (including phenoxy) is 1. The molecule has 2 aliphatic rings. The lowest BCUT2D eigenvalue weighted by molar-refractivity contribution is 0.0702. The van der Waals surface area contributed by atoms with E-state index in [0.29, 0.717) is 24.7 Å². The van der Waals surface area contributed by atoms with Crippen LogP contribution < -0.4 is 4.74 Å². The molecule has 1 atom stereocenters. The van der Waals surface area contributed by atoms with Crippen LogP contribution in [0.25, 0.3) is 0 Å². The predicted molar refractivity (Wildman–Crippen MR) is 127 cm³/mol. The Morgan fingerprint density at radius 1 is 0.971 bits per heavy atom. The Hall–Kier alpha value is -3.32. The van der Waals surface area contributed by atoms with Crippen molar-refractivity contribution in [3.63, 3.8) is 0 Å². The van der Waals surface area contributed by atoms with Crippen LogP contribution in [0.4, 0.5) is 4.39 Å². The number of hydrogen-bond donors (Lipinski definition) is 0. The van der Waals surface area contributed by atoms with Gasteiger partial charge in [-0.2, -0.15) is 0 Å². The summed E-state index contributed by atoms with van der Waals surface area (Å²) >= 11 is 0. The van der Waals surface area contributed by atoms with Gasteiger partial charge in [-0.25, -0.2) is 9.37 Å². The van der Waals surface area contributed by atoms with Crippen LogP contribution >= 0.6 is 0 Å². The number of halogens is 1. The van der Waals surface area contributed by atoms with E-state index < -0.39 is 5.82 Å². The van der Waals surface area contributed by atoms with Crippen molar-refractivity contribution in [2.75, 3.05) is 26.2 Å².